The quantitative estimate of drug-likeness (QED) is 0.274. The van der Waals surface area contributed by atoms with E-state index in [1.807, 2.05) is 54.8 Å². The Balaban J connectivity index is 1.50. The van der Waals surface area contributed by atoms with Gasteiger partial charge in [0.25, 0.3) is 5.91 Å². The second kappa shape index (κ2) is 12.6. The second-order valence-electron chi connectivity index (χ2n) is 9.61. The van der Waals surface area contributed by atoms with Crippen LogP contribution in [0.4, 0.5) is 11.4 Å². The first-order valence-electron chi connectivity index (χ1n) is 13.2. The van der Waals surface area contributed by atoms with E-state index >= 15 is 0 Å². The van der Waals surface area contributed by atoms with E-state index in [9.17, 15) is 4.79 Å². The third-order valence-electron chi connectivity index (χ3n) is 7.17. The van der Waals surface area contributed by atoms with Crippen LogP contribution >= 0.6 is 11.3 Å². The van der Waals surface area contributed by atoms with Crippen molar-refractivity contribution in [3.63, 3.8) is 0 Å². The van der Waals surface area contributed by atoms with E-state index in [4.69, 9.17) is 9.47 Å². The zero-order valence-electron chi connectivity index (χ0n) is 22.6. The van der Waals surface area contributed by atoms with E-state index in [0.29, 0.717) is 11.5 Å². The molecule has 1 amide bonds. The molecule has 2 aromatic carbocycles. The lowest BCUT2D eigenvalue weighted by Crippen LogP contribution is -2.52. The maximum Gasteiger partial charge on any atom is 0.266 e. The number of nitrogens with one attached hydrogen (secondary N) is 2. The molecule has 1 atom stereocenters. The molecule has 1 unspecified atom stereocenters. The molecule has 39 heavy (non-hydrogen) atoms. The number of carbonyl (C=O) groups is 1. The topological polar surface area (TPSA) is 82.7 Å². The van der Waals surface area contributed by atoms with Crippen molar-refractivity contribution >= 4 is 51.7 Å². The molecule has 0 spiro atoms. The van der Waals surface area contributed by atoms with Crippen LogP contribution in [-0.4, -0.2) is 73.7 Å². The smallest absolute Gasteiger partial charge is 0.266 e. The van der Waals surface area contributed by atoms with Gasteiger partial charge in [0.15, 0.2) is 0 Å². The predicted molar refractivity (Wildman–Crippen MR) is 160 cm³/mol. The molecule has 0 radical (unpaired) electrons. The van der Waals surface area contributed by atoms with E-state index in [-0.39, 0.29) is 12.1 Å². The van der Waals surface area contributed by atoms with Crippen molar-refractivity contribution < 1.29 is 14.3 Å². The number of aromatic nitrogens is 2. The highest BCUT2D eigenvalue weighted by molar-refractivity contribution is 7.12. The molecular weight excluding hydrogens is 510 g/mol. The summed E-state index contributed by atoms with van der Waals surface area (Å²) in [6.45, 7) is 8.71. The lowest BCUT2D eigenvalue weighted by molar-refractivity contribution is 0.0187. The third-order valence-corrected chi connectivity index (χ3v) is 8.18. The monoisotopic (exact) mass is 545 g/mol. The molecule has 204 valence electrons. The summed E-state index contributed by atoms with van der Waals surface area (Å²) in [5, 5.41) is 13.7. The minimum atomic E-state index is -0.107. The van der Waals surface area contributed by atoms with Crippen molar-refractivity contribution in [2.24, 2.45) is 0 Å². The Bertz CT molecular complexity index is 1440. The Morgan fingerprint density at radius 2 is 2.05 bits per heavy atom. The van der Waals surface area contributed by atoms with Crippen LogP contribution < -0.4 is 10.2 Å². The molecule has 3 heterocycles. The minimum absolute atomic E-state index is 0.107. The van der Waals surface area contributed by atoms with Crippen molar-refractivity contribution in [3.8, 4) is 0 Å². The molecular formula is C30H35N5O3S. The molecule has 5 rings (SSSR count). The number of anilines is 2. The summed E-state index contributed by atoms with van der Waals surface area (Å²) in [5.41, 5.74) is 5.48. The molecule has 1 aliphatic heterocycles. The number of para-hydroxylation sites is 1. The number of thiophene rings is 1. The maximum absolute atomic E-state index is 13.3. The lowest BCUT2D eigenvalue weighted by Gasteiger charge is -2.40. The van der Waals surface area contributed by atoms with Crippen molar-refractivity contribution in [3.05, 3.63) is 75.6 Å². The van der Waals surface area contributed by atoms with Crippen molar-refractivity contribution in [2.45, 2.75) is 20.0 Å². The normalized spacial score (nSPS) is 15.2. The van der Waals surface area contributed by atoms with Crippen LogP contribution in [0.25, 0.3) is 23.1 Å². The summed E-state index contributed by atoms with van der Waals surface area (Å²) in [5.74, 6) is -0.107. The summed E-state index contributed by atoms with van der Waals surface area (Å²) in [7, 11) is 1.72. The fourth-order valence-electron chi connectivity index (χ4n) is 4.91. The zero-order valence-corrected chi connectivity index (χ0v) is 23.5. The van der Waals surface area contributed by atoms with Gasteiger partial charge < -0.3 is 19.7 Å². The van der Waals surface area contributed by atoms with Gasteiger partial charge in [0, 0.05) is 37.8 Å². The van der Waals surface area contributed by atoms with Gasteiger partial charge in [0.05, 0.1) is 47.8 Å². The molecule has 1 fully saturated rings. The first-order valence-corrected chi connectivity index (χ1v) is 14.1. The number of methoxy groups -OCH3 is 1. The van der Waals surface area contributed by atoms with E-state index in [0.717, 1.165) is 71.9 Å². The Hall–Kier alpha value is -3.50. The summed E-state index contributed by atoms with van der Waals surface area (Å²) < 4.78 is 11.0. The highest BCUT2D eigenvalue weighted by Crippen LogP contribution is 2.30. The Morgan fingerprint density at radius 3 is 2.82 bits per heavy atom. The van der Waals surface area contributed by atoms with Crippen LogP contribution in [-0.2, 0) is 9.47 Å². The number of aryl methyl sites for hydroxylation is 1. The number of H-pyrrole nitrogens is 1. The number of aromatic amines is 1. The van der Waals surface area contributed by atoms with E-state index in [1.54, 1.807) is 7.11 Å². The average molecular weight is 546 g/mol. The van der Waals surface area contributed by atoms with Gasteiger partial charge in [-0.3, -0.25) is 14.8 Å². The van der Waals surface area contributed by atoms with Gasteiger partial charge in [0.1, 0.15) is 0 Å². The number of carbonyl (C=O) groups excluding carboxylic acids is 1. The average Bonchev–Trinajstić information content (AvgIpc) is 3.59. The molecule has 2 aromatic heterocycles. The third kappa shape index (κ3) is 6.23. The Morgan fingerprint density at radius 1 is 1.23 bits per heavy atom. The number of amides is 1. The number of nitrogens with zero attached hydrogens (tertiary/aromatic N) is 3. The summed E-state index contributed by atoms with van der Waals surface area (Å²) >= 11 is 1.45. The maximum atomic E-state index is 13.3. The van der Waals surface area contributed by atoms with Gasteiger partial charge in [-0.25, -0.2) is 0 Å². The van der Waals surface area contributed by atoms with E-state index in [2.05, 4.69) is 50.4 Å². The Labute approximate surface area is 233 Å². The summed E-state index contributed by atoms with van der Waals surface area (Å²) in [6.07, 6.45) is 4.14. The number of benzene rings is 2. The van der Waals surface area contributed by atoms with Crippen LogP contribution in [0.3, 0.4) is 0 Å². The number of ether oxygens (including phenoxy) is 2. The lowest BCUT2D eigenvalue weighted by atomic mass is 10.1. The van der Waals surface area contributed by atoms with Gasteiger partial charge >= 0.3 is 0 Å². The minimum Gasteiger partial charge on any atom is -0.383 e. The van der Waals surface area contributed by atoms with Crippen LogP contribution in [0.5, 0.6) is 0 Å². The largest absolute Gasteiger partial charge is 0.383 e. The fourth-order valence-corrected chi connectivity index (χ4v) is 5.73. The molecule has 0 saturated carbocycles. The predicted octanol–water partition coefficient (Wildman–Crippen LogP) is 5.49. The van der Waals surface area contributed by atoms with Crippen LogP contribution in [0, 0.1) is 6.92 Å². The SMILES string of the molecule is COCCN(c1ccc(/C=C/c2n[nH]c3ccccc23)c(NC(=O)c2sccc2C)c1)C(C)N1CCOCC1. The number of hydrogen-bond donors (Lipinski definition) is 2. The van der Waals surface area contributed by atoms with E-state index in [1.165, 1.54) is 11.3 Å². The number of fused-ring (bicyclic) bond motifs is 1. The first-order chi connectivity index (χ1) is 19.0. The molecule has 8 nitrogen and oxygen atoms in total. The van der Waals surface area contributed by atoms with Crippen LogP contribution in [0.15, 0.2) is 53.9 Å². The molecule has 1 aliphatic rings. The Kier molecular flexibility index (Phi) is 8.73. The van der Waals surface area contributed by atoms with Gasteiger partial charge in [-0.2, -0.15) is 5.10 Å². The van der Waals surface area contributed by atoms with E-state index < -0.39 is 0 Å². The fraction of sp³-hybridized carbons (Fsp3) is 0.333. The van der Waals surface area contributed by atoms with Gasteiger partial charge in [0.2, 0.25) is 0 Å². The molecule has 4 aromatic rings. The molecule has 0 aliphatic carbocycles. The second-order valence-corrected chi connectivity index (χ2v) is 10.5. The molecule has 9 heteroatoms. The van der Waals surface area contributed by atoms with Crippen LogP contribution in [0.1, 0.15) is 33.4 Å². The molecule has 2 N–H and O–H groups in total. The van der Waals surface area contributed by atoms with Crippen molar-refractivity contribution in [1.29, 1.82) is 0 Å². The molecule has 1 saturated heterocycles. The number of morpholine rings is 1. The van der Waals surface area contributed by atoms with Crippen molar-refractivity contribution in [2.75, 3.05) is 56.8 Å². The van der Waals surface area contributed by atoms with Gasteiger partial charge in [-0.1, -0.05) is 30.3 Å². The van der Waals surface area contributed by atoms with Gasteiger partial charge in [-0.05, 0) is 60.7 Å². The highest BCUT2D eigenvalue weighted by Gasteiger charge is 2.24. The van der Waals surface area contributed by atoms with Crippen molar-refractivity contribution in [1.82, 2.24) is 15.1 Å². The van der Waals surface area contributed by atoms with Gasteiger partial charge in [-0.15, -0.1) is 11.3 Å². The summed E-state index contributed by atoms with van der Waals surface area (Å²) in [6, 6.07) is 16.2. The number of hydrogen-bond acceptors (Lipinski definition) is 7. The molecule has 0 bridgehead atoms. The number of rotatable bonds is 10. The zero-order chi connectivity index (χ0) is 27.2. The van der Waals surface area contributed by atoms with Crippen LogP contribution in [0.2, 0.25) is 0 Å². The highest BCUT2D eigenvalue weighted by atomic mass is 32.1. The summed E-state index contributed by atoms with van der Waals surface area (Å²) in [4.78, 5) is 18.8. The standard InChI is InChI=1S/C30H35N5O3S/c1-21-12-19-39-29(21)30(36)31-28-20-24(35(15-16-37-3)22(2)34-13-17-38-18-14-34)10-8-23(28)9-11-27-25-6-4-5-7-26(25)32-33-27/h4-12,19-20,22H,13-18H2,1-3H3,(H,31,36)(H,32,33)/b11-9+. The first kappa shape index (κ1) is 27.1.